The van der Waals surface area contributed by atoms with Crippen LogP contribution in [0.5, 0.6) is 0 Å². The van der Waals surface area contributed by atoms with E-state index >= 15 is 0 Å². The molecule has 0 aliphatic rings. The molecule has 0 heterocycles. The molecule has 0 aromatic rings. The maximum atomic E-state index is 10.1. The molecule has 0 N–H and O–H groups in total. The van der Waals surface area contributed by atoms with Crippen molar-refractivity contribution in [2.45, 2.75) is 0 Å². The summed E-state index contributed by atoms with van der Waals surface area (Å²) in [4.78, 5) is 53.2. The molecule has 0 amide bonds. The van der Waals surface area contributed by atoms with Crippen LogP contribution in [0.3, 0.4) is 0 Å². The SMILES string of the molecule is O=P([O-])([O-])OF.O=P([O-])([O-])OF.O=P([O-])([O-])OF.[Li+].[V]. The van der Waals surface area contributed by atoms with E-state index < -0.39 is 23.5 Å². The molecule has 0 aliphatic carbocycles. The third-order valence-corrected chi connectivity index (χ3v) is 0.761. The molecule has 0 aliphatic heterocycles. The zero-order valence-corrected chi connectivity index (χ0v) is 12.9. The summed E-state index contributed by atoms with van der Waals surface area (Å²) in [6.07, 6.45) is 0. The Hall–Kier alpha value is 1.30. The molecular weight excluding hydrogens is 400 g/mol. The normalized spacial score (nSPS) is 10.7. The van der Waals surface area contributed by atoms with Gasteiger partial charge >= 0.3 is 18.9 Å². The second kappa shape index (κ2) is 15.2. The molecule has 12 nitrogen and oxygen atoms in total. The Morgan fingerprint density at radius 3 is 0.650 bits per heavy atom. The Balaban J connectivity index is -0.0000000536. The average Bonchev–Trinajstić information content (AvgIpc) is 2.16. The standard InChI is InChI=1S/3FH2O4P.Li.V/c3*1-5-6(2,3)4;;/h3*(H2,2,3,4);;/q;;;+1;/p-6. The smallest absolute Gasteiger partial charge is 0.787 e. The van der Waals surface area contributed by atoms with Crippen molar-refractivity contribution < 1.29 is 108 Å². The Labute approximate surface area is 132 Å². The first-order chi connectivity index (χ1) is 7.68. The van der Waals surface area contributed by atoms with Gasteiger partial charge in [0.2, 0.25) is 0 Å². The Kier molecular flexibility index (Phi) is 25.1. The van der Waals surface area contributed by atoms with E-state index in [0.717, 1.165) is 0 Å². The predicted octanol–water partition coefficient (Wildman–Crippen LogP) is -6.85. The second-order valence-electron chi connectivity index (χ2n) is 1.55. The monoisotopic (exact) mass is 400 g/mol. The van der Waals surface area contributed by atoms with Crippen molar-refractivity contribution in [3.63, 3.8) is 0 Å². The molecule has 0 saturated carbocycles. The van der Waals surface area contributed by atoms with Crippen LogP contribution in [0.4, 0.5) is 13.6 Å². The topological polar surface area (TPSA) is 217 Å². The van der Waals surface area contributed by atoms with E-state index in [9.17, 15) is 13.6 Å². The summed E-state index contributed by atoms with van der Waals surface area (Å²) in [7, 11) is -15.9. The van der Waals surface area contributed by atoms with Crippen molar-refractivity contribution >= 4 is 23.5 Å². The molecule has 0 fully saturated rings. The molecule has 0 aromatic carbocycles. The van der Waals surface area contributed by atoms with E-state index in [0.29, 0.717) is 0 Å². The largest absolute Gasteiger partial charge is 1.00 e. The predicted molar refractivity (Wildman–Crippen MR) is 29.4 cm³/mol. The number of hydrogen-bond acceptors (Lipinski definition) is 12. The van der Waals surface area contributed by atoms with Crippen LogP contribution in [-0.4, -0.2) is 0 Å². The van der Waals surface area contributed by atoms with Crippen LogP contribution in [0.15, 0.2) is 0 Å². The van der Waals surface area contributed by atoms with Gasteiger partial charge in [0.1, 0.15) is 23.5 Å². The van der Waals surface area contributed by atoms with Gasteiger partial charge in [0.15, 0.2) is 0 Å². The van der Waals surface area contributed by atoms with E-state index in [1.165, 1.54) is 0 Å². The van der Waals surface area contributed by atoms with E-state index in [4.69, 9.17) is 43.1 Å². The molecule has 0 unspecified atom stereocenters. The summed E-state index contributed by atoms with van der Waals surface area (Å²) >= 11 is 0. The summed E-state index contributed by atoms with van der Waals surface area (Å²) in [5, 5.41) is 0. The molecule has 0 rings (SSSR count). The summed E-state index contributed by atoms with van der Waals surface area (Å²) in [6.45, 7) is 0. The van der Waals surface area contributed by atoms with Crippen LogP contribution in [0.1, 0.15) is 0 Å². The minimum atomic E-state index is -5.31. The first-order valence-corrected chi connectivity index (χ1v) is 7.04. The van der Waals surface area contributed by atoms with Gasteiger partial charge in [-0.25, -0.2) is 0 Å². The maximum absolute atomic E-state index is 10.1. The van der Waals surface area contributed by atoms with Crippen LogP contribution >= 0.6 is 23.5 Å². The van der Waals surface area contributed by atoms with Crippen LogP contribution in [0, 0.1) is 0 Å². The molecule has 119 valence electrons. The van der Waals surface area contributed by atoms with Gasteiger partial charge < -0.3 is 43.1 Å². The molecule has 0 aromatic heterocycles. The zero-order chi connectivity index (χ0) is 15.6. The maximum Gasteiger partial charge on any atom is 1.00 e. The first-order valence-electron chi connectivity index (χ1n) is 2.65. The fraction of sp³-hybridized carbons (Fsp3) is 0. The van der Waals surface area contributed by atoms with Crippen molar-refractivity contribution in [2.24, 2.45) is 0 Å². The number of rotatable bonds is 3. The van der Waals surface area contributed by atoms with Gasteiger partial charge in [-0.2, -0.15) is 14.2 Å². The summed E-state index contributed by atoms with van der Waals surface area (Å²) in [5.74, 6) is 0. The van der Waals surface area contributed by atoms with E-state index in [-0.39, 0.29) is 37.4 Å². The van der Waals surface area contributed by atoms with Crippen LogP contribution < -0.4 is 48.2 Å². The van der Waals surface area contributed by atoms with Gasteiger partial charge in [0, 0.05) is 18.6 Å². The van der Waals surface area contributed by atoms with Gasteiger partial charge in [-0.15, -0.1) is 0 Å². The van der Waals surface area contributed by atoms with Gasteiger partial charge in [0.25, 0.3) is 0 Å². The van der Waals surface area contributed by atoms with E-state index in [2.05, 4.69) is 0 Å². The van der Waals surface area contributed by atoms with Crippen LogP contribution in [-0.2, 0) is 46.4 Å². The van der Waals surface area contributed by atoms with Crippen molar-refractivity contribution in [3.8, 4) is 0 Å². The quantitative estimate of drug-likeness (QED) is 0.319. The summed E-state index contributed by atoms with van der Waals surface area (Å²) < 4.78 is 62.6. The van der Waals surface area contributed by atoms with Crippen molar-refractivity contribution in [1.29, 1.82) is 0 Å². The van der Waals surface area contributed by atoms with Crippen molar-refractivity contribution in [3.05, 3.63) is 0 Å². The van der Waals surface area contributed by atoms with Gasteiger partial charge in [-0.1, -0.05) is 0 Å². The second-order valence-corrected chi connectivity index (χ2v) is 4.65. The van der Waals surface area contributed by atoms with Gasteiger partial charge in [0.05, 0.1) is 0 Å². The summed E-state index contributed by atoms with van der Waals surface area (Å²) in [6, 6.07) is 0. The molecular formula is F3LiO12P3V-5. The van der Waals surface area contributed by atoms with E-state index in [1.54, 1.807) is 0 Å². The van der Waals surface area contributed by atoms with Crippen molar-refractivity contribution in [2.75, 3.05) is 0 Å². The Morgan fingerprint density at radius 2 is 0.650 bits per heavy atom. The molecule has 20 heteroatoms. The molecule has 1 radical (unpaired) electrons. The Bertz CT molecular complexity index is 279. The molecule has 0 spiro atoms. The van der Waals surface area contributed by atoms with Crippen LogP contribution in [0.25, 0.3) is 0 Å². The Morgan fingerprint density at radius 1 is 0.600 bits per heavy atom. The number of halogens is 3. The fourth-order valence-corrected chi connectivity index (χ4v) is 0. The van der Waals surface area contributed by atoms with Gasteiger partial charge in [-0.05, 0) is 13.6 Å². The average molecular weight is 400 g/mol. The molecule has 0 atom stereocenters. The molecule has 0 saturated heterocycles. The molecule has 20 heavy (non-hydrogen) atoms. The number of hydrogen-bond donors (Lipinski definition) is 0. The third-order valence-electron chi connectivity index (χ3n) is 0.254. The molecule has 0 bridgehead atoms. The van der Waals surface area contributed by atoms with Crippen LogP contribution in [0.2, 0.25) is 0 Å². The van der Waals surface area contributed by atoms with E-state index in [1.807, 2.05) is 14.2 Å². The third kappa shape index (κ3) is 60.9. The summed E-state index contributed by atoms with van der Waals surface area (Å²) in [5.41, 5.74) is 0. The number of phosphoric acid groups is 3. The minimum Gasteiger partial charge on any atom is -0.787 e. The van der Waals surface area contributed by atoms with Crippen molar-refractivity contribution in [1.82, 2.24) is 0 Å². The zero-order valence-electron chi connectivity index (χ0n) is 8.82. The first kappa shape index (κ1) is 33.0. The van der Waals surface area contributed by atoms with Gasteiger partial charge in [-0.3, -0.25) is 0 Å². The fourth-order valence-electron chi connectivity index (χ4n) is 0. The minimum absolute atomic E-state index is 0.